The maximum Gasteiger partial charge on any atom is 0.237 e. The quantitative estimate of drug-likeness (QED) is 0.800. The van der Waals surface area contributed by atoms with Crippen LogP contribution < -0.4 is 11.1 Å². The predicted octanol–water partition coefficient (Wildman–Crippen LogP) is 1.28. The van der Waals surface area contributed by atoms with Crippen molar-refractivity contribution in [1.29, 1.82) is 0 Å². The number of halogens is 1. The van der Waals surface area contributed by atoms with Crippen LogP contribution in [0, 0.1) is 0 Å². The van der Waals surface area contributed by atoms with Crippen LogP contribution in [0.2, 0.25) is 0 Å². The van der Waals surface area contributed by atoms with Gasteiger partial charge in [0.05, 0.1) is 6.04 Å². The molecule has 0 fully saturated rings. The molecule has 120 valence electrons. The fraction of sp³-hybridized carbons (Fsp3) is 0.400. The third-order valence-electron chi connectivity index (χ3n) is 3.10. The summed E-state index contributed by atoms with van der Waals surface area (Å²) in [6, 6.07) is 9.16. The van der Waals surface area contributed by atoms with E-state index in [1.165, 1.54) is 0 Å². The SMILES string of the molecule is CCc1nc(CCNC(=O)[C@@H](N)Cc2ccccc2)no1.Cl. The monoisotopic (exact) mass is 324 g/mol. The number of carbonyl (C=O) groups is 1. The molecule has 0 unspecified atom stereocenters. The van der Waals surface area contributed by atoms with Crippen LogP contribution in [0.3, 0.4) is 0 Å². The Morgan fingerprint density at radius 1 is 1.36 bits per heavy atom. The number of benzene rings is 1. The molecule has 0 aliphatic carbocycles. The van der Waals surface area contributed by atoms with E-state index in [-0.39, 0.29) is 18.3 Å². The lowest BCUT2D eigenvalue weighted by atomic mass is 10.1. The molecular weight excluding hydrogens is 304 g/mol. The molecule has 0 spiro atoms. The molecule has 0 aliphatic heterocycles. The zero-order valence-electron chi connectivity index (χ0n) is 12.5. The summed E-state index contributed by atoms with van der Waals surface area (Å²) in [6.45, 7) is 2.39. The van der Waals surface area contributed by atoms with Crippen molar-refractivity contribution >= 4 is 18.3 Å². The summed E-state index contributed by atoms with van der Waals surface area (Å²) in [4.78, 5) is 16.1. The van der Waals surface area contributed by atoms with E-state index in [2.05, 4.69) is 15.5 Å². The predicted molar refractivity (Wildman–Crippen MR) is 85.8 cm³/mol. The summed E-state index contributed by atoms with van der Waals surface area (Å²) in [6.07, 6.45) is 1.77. The number of carbonyl (C=O) groups excluding carboxylic acids is 1. The van der Waals surface area contributed by atoms with Gasteiger partial charge < -0.3 is 15.6 Å². The Morgan fingerprint density at radius 2 is 2.09 bits per heavy atom. The number of rotatable bonds is 7. The molecular formula is C15H21ClN4O2. The van der Waals surface area contributed by atoms with Gasteiger partial charge in [-0.2, -0.15) is 4.98 Å². The number of aromatic nitrogens is 2. The molecule has 0 radical (unpaired) electrons. The average molecular weight is 325 g/mol. The van der Waals surface area contributed by atoms with Gasteiger partial charge in [0.15, 0.2) is 5.82 Å². The second-order valence-corrected chi connectivity index (χ2v) is 4.80. The Bertz CT molecular complexity index is 574. The van der Waals surface area contributed by atoms with E-state index in [4.69, 9.17) is 10.3 Å². The first-order valence-electron chi connectivity index (χ1n) is 7.07. The lowest BCUT2D eigenvalue weighted by Gasteiger charge is -2.11. The zero-order chi connectivity index (χ0) is 15.1. The molecule has 22 heavy (non-hydrogen) atoms. The smallest absolute Gasteiger partial charge is 0.237 e. The minimum absolute atomic E-state index is 0. The molecule has 0 saturated carbocycles. The van der Waals surface area contributed by atoms with E-state index in [1.54, 1.807) is 0 Å². The Hall–Kier alpha value is -1.92. The average Bonchev–Trinajstić information content (AvgIpc) is 2.96. The van der Waals surface area contributed by atoms with Crippen molar-refractivity contribution in [3.63, 3.8) is 0 Å². The highest BCUT2D eigenvalue weighted by atomic mass is 35.5. The van der Waals surface area contributed by atoms with E-state index in [1.807, 2.05) is 37.3 Å². The van der Waals surface area contributed by atoms with Gasteiger partial charge in [-0.15, -0.1) is 12.4 Å². The number of hydrogen-bond donors (Lipinski definition) is 2. The van der Waals surface area contributed by atoms with Gasteiger partial charge in [-0.3, -0.25) is 4.79 Å². The number of nitrogens with one attached hydrogen (secondary N) is 1. The fourth-order valence-electron chi connectivity index (χ4n) is 1.92. The first-order valence-corrected chi connectivity index (χ1v) is 7.07. The second kappa shape index (κ2) is 9.17. The number of nitrogens with two attached hydrogens (primary N) is 1. The lowest BCUT2D eigenvalue weighted by molar-refractivity contribution is -0.122. The number of amides is 1. The van der Waals surface area contributed by atoms with E-state index >= 15 is 0 Å². The number of aryl methyl sites for hydroxylation is 1. The molecule has 1 aromatic heterocycles. The molecule has 0 aliphatic rings. The summed E-state index contributed by atoms with van der Waals surface area (Å²) in [5, 5.41) is 6.62. The first-order chi connectivity index (χ1) is 10.2. The van der Waals surface area contributed by atoms with Gasteiger partial charge in [0.1, 0.15) is 0 Å². The molecule has 7 heteroatoms. The summed E-state index contributed by atoms with van der Waals surface area (Å²) in [7, 11) is 0. The van der Waals surface area contributed by atoms with Gasteiger partial charge >= 0.3 is 0 Å². The summed E-state index contributed by atoms with van der Waals surface area (Å²) in [5.41, 5.74) is 6.94. The van der Waals surface area contributed by atoms with E-state index in [9.17, 15) is 4.79 Å². The molecule has 1 heterocycles. The summed E-state index contributed by atoms with van der Waals surface area (Å²) >= 11 is 0. The third-order valence-corrected chi connectivity index (χ3v) is 3.10. The largest absolute Gasteiger partial charge is 0.354 e. The molecule has 3 N–H and O–H groups in total. The Morgan fingerprint density at radius 3 is 2.73 bits per heavy atom. The van der Waals surface area contributed by atoms with Crippen LogP contribution in [0.4, 0.5) is 0 Å². The van der Waals surface area contributed by atoms with Crippen LogP contribution in [0.25, 0.3) is 0 Å². The maximum absolute atomic E-state index is 11.9. The molecule has 1 amide bonds. The zero-order valence-corrected chi connectivity index (χ0v) is 13.3. The Labute approximate surface area is 135 Å². The topological polar surface area (TPSA) is 94.0 Å². The first kappa shape index (κ1) is 18.1. The van der Waals surface area contributed by atoms with Gasteiger partial charge in [-0.25, -0.2) is 0 Å². The highest BCUT2D eigenvalue weighted by Crippen LogP contribution is 2.02. The molecule has 1 aromatic carbocycles. The molecule has 2 aromatic rings. The van der Waals surface area contributed by atoms with Gasteiger partial charge in [-0.05, 0) is 12.0 Å². The standard InChI is InChI=1S/C15H20N4O2.ClH/c1-2-14-18-13(19-21-14)8-9-17-15(20)12(16)10-11-6-4-3-5-7-11;/h3-7,12H,2,8-10,16H2,1H3,(H,17,20);1H/t12-;/m0./s1. The van der Waals surface area contributed by atoms with Gasteiger partial charge in [0, 0.05) is 19.4 Å². The van der Waals surface area contributed by atoms with Crippen molar-refractivity contribution in [3.8, 4) is 0 Å². The van der Waals surface area contributed by atoms with Crippen LogP contribution in [0.15, 0.2) is 34.9 Å². The van der Waals surface area contributed by atoms with Crippen molar-refractivity contribution in [1.82, 2.24) is 15.5 Å². The third kappa shape index (κ3) is 5.46. The molecule has 0 saturated heterocycles. The van der Waals surface area contributed by atoms with Crippen molar-refractivity contribution < 1.29 is 9.32 Å². The van der Waals surface area contributed by atoms with Crippen LogP contribution >= 0.6 is 12.4 Å². The molecule has 2 rings (SSSR count). The lowest BCUT2D eigenvalue weighted by Crippen LogP contribution is -2.42. The van der Waals surface area contributed by atoms with Crippen LogP contribution in [0.1, 0.15) is 24.2 Å². The van der Waals surface area contributed by atoms with E-state index < -0.39 is 6.04 Å². The van der Waals surface area contributed by atoms with Gasteiger partial charge in [0.2, 0.25) is 11.8 Å². The second-order valence-electron chi connectivity index (χ2n) is 4.80. The van der Waals surface area contributed by atoms with Crippen LogP contribution in [0.5, 0.6) is 0 Å². The van der Waals surface area contributed by atoms with Gasteiger partial charge in [0.25, 0.3) is 0 Å². The maximum atomic E-state index is 11.9. The highest BCUT2D eigenvalue weighted by Gasteiger charge is 2.14. The number of hydrogen-bond acceptors (Lipinski definition) is 5. The molecule has 1 atom stereocenters. The molecule has 6 nitrogen and oxygen atoms in total. The Kier molecular flexibility index (Phi) is 7.56. The van der Waals surface area contributed by atoms with E-state index in [0.29, 0.717) is 37.5 Å². The Balaban J connectivity index is 0.00000242. The fourth-order valence-corrected chi connectivity index (χ4v) is 1.92. The van der Waals surface area contributed by atoms with Crippen molar-refractivity contribution in [3.05, 3.63) is 47.6 Å². The van der Waals surface area contributed by atoms with Gasteiger partial charge in [-0.1, -0.05) is 42.4 Å². The van der Waals surface area contributed by atoms with E-state index in [0.717, 1.165) is 5.56 Å². The minimum Gasteiger partial charge on any atom is -0.354 e. The number of nitrogens with zero attached hydrogens (tertiary/aromatic N) is 2. The summed E-state index contributed by atoms with van der Waals surface area (Å²) in [5.74, 6) is 1.04. The van der Waals surface area contributed by atoms with Crippen LogP contribution in [-0.2, 0) is 24.1 Å². The summed E-state index contributed by atoms with van der Waals surface area (Å²) < 4.78 is 5.00. The van der Waals surface area contributed by atoms with Crippen molar-refractivity contribution in [2.24, 2.45) is 5.73 Å². The van der Waals surface area contributed by atoms with Crippen molar-refractivity contribution in [2.45, 2.75) is 32.2 Å². The molecule has 0 bridgehead atoms. The van der Waals surface area contributed by atoms with Crippen molar-refractivity contribution in [2.75, 3.05) is 6.54 Å². The highest BCUT2D eigenvalue weighted by molar-refractivity contribution is 5.85. The normalized spacial score (nSPS) is 11.5. The minimum atomic E-state index is -0.552. The van der Waals surface area contributed by atoms with Crippen LogP contribution in [-0.4, -0.2) is 28.6 Å².